The zero-order valence-electron chi connectivity index (χ0n) is 17.2. The van der Waals surface area contributed by atoms with Crippen LogP contribution in [-0.4, -0.2) is 27.9 Å². The second-order valence-electron chi connectivity index (χ2n) is 7.66. The molecule has 1 aliphatic carbocycles. The molecule has 4 rings (SSSR count). The number of benzene rings is 2. The molecule has 1 saturated carbocycles. The third-order valence-electron chi connectivity index (χ3n) is 4.98. The number of allylic oxidation sites excluding steroid dienone is 1. The Balaban J connectivity index is 1.36. The molecule has 1 saturated heterocycles. The molecule has 1 atom stereocenters. The van der Waals surface area contributed by atoms with Crippen molar-refractivity contribution in [3.05, 3.63) is 71.8 Å². The minimum absolute atomic E-state index is 0.0799. The molecule has 2 aromatic carbocycles. The predicted molar refractivity (Wildman–Crippen MR) is 127 cm³/mol. The first-order chi connectivity index (χ1) is 15.1. The van der Waals surface area contributed by atoms with Gasteiger partial charge in [0.2, 0.25) is 11.8 Å². The first-order valence-electron chi connectivity index (χ1n) is 10.3. The van der Waals surface area contributed by atoms with E-state index in [4.69, 9.17) is 0 Å². The predicted octanol–water partition coefficient (Wildman–Crippen LogP) is 4.39. The molecule has 2 amide bonds. The lowest BCUT2D eigenvalue weighted by atomic mass is 10.1. The molecule has 31 heavy (non-hydrogen) atoms. The van der Waals surface area contributed by atoms with Crippen molar-refractivity contribution in [2.75, 3.05) is 5.32 Å². The summed E-state index contributed by atoms with van der Waals surface area (Å²) in [7, 11) is 0. The smallest absolute Gasteiger partial charge is 0.240 e. The molecular weight excluding hydrogens is 408 g/mol. The molecule has 2 aromatic rings. The van der Waals surface area contributed by atoms with Crippen molar-refractivity contribution in [3.8, 4) is 0 Å². The van der Waals surface area contributed by atoms with Gasteiger partial charge in [-0.15, -0.1) is 5.10 Å². The number of hydrogen-bond donors (Lipinski definition) is 2. The number of carbonyl (C=O) groups excluding carboxylic acids is 2. The number of amidine groups is 1. The van der Waals surface area contributed by atoms with Crippen LogP contribution < -0.4 is 10.6 Å². The van der Waals surface area contributed by atoms with Crippen LogP contribution in [0.1, 0.15) is 30.4 Å². The third-order valence-corrected chi connectivity index (χ3v) is 6.05. The van der Waals surface area contributed by atoms with Gasteiger partial charge in [0.25, 0.3) is 0 Å². The Bertz CT molecular complexity index is 1040. The van der Waals surface area contributed by atoms with Crippen molar-refractivity contribution >= 4 is 46.2 Å². The highest BCUT2D eigenvalue weighted by Gasteiger charge is 2.32. The van der Waals surface area contributed by atoms with Crippen molar-refractivity contribution in [2.45, 2.75) is 31.4 Å². The van der Waals surface area contributed by atoms with Gasteiger partial charge in [-0.05, 0) is 43.5 Å². The number of carbonyl (C=O) groups is 2. The summed E-state index contributed by atoms with van der Waals surface area (Å²) in [6.45, 7) is 1.99. The monoisotopic (exact) mass is 432 g/mol. The Labute approximate surface area is 185 Å². The third kappa shape index (κ3) is 6.15. The Morgan fingerprint density at radius 2 is 1.90 bits per heavy atom. The Hall–Kier alpha value is -3.19. The van der Waals surface area contributed by atoms with Crippen LogP contribution in [0.4, 0.5) is 5.69 Å². The van der Waals surface area contributed by atoms with E-state index in [1.807, 2.05) is 73.7 Å². The van der Waals surface area contributed by atoms with Crippen molar-refractivity contribution in [3.63, 3.8) is 0 Å². The van der Waals surface area contributed by atoms with Crippen molar-refractivity contribution in [2.24, 2.45) is 16.1 Å². The molecule has 0 radical (unpaired) electrons. The molecule has 7 heteroatoms. The summed E-state index contributed by atoms with van der Waals surface area (Å²) in [4.78, 5) is 24.6. The molecule has 158 valence electrons. The number of nitrogens with zero attached hydrogens (tertiary/aromatic N) is 2. The zero-order chi connectivity index (χ0) is 21.6. The zero-order valence-corrected chi connectivity index (χ0v) is 18.1. The average molecular weight is 433 g/mol. The first kappa shape index (κ1) is 21.1. The van der Waals surface area contributed by atoms with Crippen LogP contribution in [0, 0.1) is 12.8 Å². The summed E-state index contributed by atoms with van der Waals surface area (Å²) >= 11 is 1.25. The summed E-state index contributed by atoms with van der Waals surface area (Å²) in [5.41, 5.74) is 3.85. The standard InChI is InChI=1S/C24H24N4O2S/c1-16-7-12-19(13-8-16)25-22(29)15-21-23(30)26-24(31-21)28-27-20(18-10-11-18)14-9-17-5-3-2-4-6-17/h2-9,12-14,18,21H,10-11,15H2,1H3,(H,25,29)(H,26,28,30)/b14-9-,27-20?/t21-/m1/s1. The van der Waals surface area contributed by atoms with E-state index in [9.17, 15) is 9.59 Å². The summed E-state index contributed by atoms with van der Waals surface area (Å²) < 4.78 is 0. The lowest BCUT2D eigenvalue weighted by molar-refractivity contribution is -0.122. The van der Waals surface area contributed by atoms with Crippen LogP contribution >= 0.6 is 11.8 Å². The van der Waals surface area contributed by atoms with Crippen LogP contribution in [0.5, 0.6) is 0 Å². The molecule has 2 aliphatic rings. The number of rotatable bonds is 7. The van der Waals surface area contributed by atoms with E-state index in [1.165, 1.54) is 11.8 Å². The maximum atomic E-state index is 12.3. The van der Waals surface area contributed by atoms with E-state index in [0.717, 1.165) is 35.4 Å². The molecule has 0 unspecified atom stereocenters. The maximum Gasteiger partial charge on any atom is 0.240 e. The Kier molecular flexibility index (Phi) is 6.62. The van der Waals surface area contributed by atoms with Gasteiger partial charge in [-0.3, -0.25) is 9.59 Å². The highest BCUT2D eigenvalue weighted by atomic mass is 32.2. The van der Waals surface area contributed by atoms with Crippen molar-refractivity contribution in [1.29, 1.82) is 0 Å². The molecular formula is C24H24N4O2S. The van der Waals surface area contributed by atoms with E-state index in [1.54, 1.807) is 0 Å². The topological polar surface area (TPSA) is 82.9 Å². The van der Waals surface area contributed by atoms with Gasteiger partial charge in [0.15, 0.2) is 5.17 Å². The minimum Gasteiger partial charge on any atom is -0.326 e. The average Bonchev–Trinajstić information content (AvgIpc) is 3.55. The quantitative estimate of drug-likeness (QED) is 0.503. The molecule has 6 nitrogen and oxygen atoms in total. The minimum atomic E-state index is -0.511. The number of thioether (sulfide) groups is 1. The van der Waals surface area contributed by atoms with Crippen molar-refractivity contribution < 1.29 is 9.59 Å². The molecule has 0 bridgehead atoms. The van der Waals surface area contributed by atoms with Crippen molar-refractivity contribution in [1.82, 2.24) is 5.32 Å². The number of aryl methyl sites for hydroxylation is 1. The van der Waals surface area contributed by atoms with Gasteiger partial charge in [0.1, 0.15) is 5.25 Å². The van der Waals surface area contributed by atoms with Crippen LogP contribution in [0.2, 0.25) is 0 Å². The second kappa shape index (κ2) is 9.75. The highest BCUT2D eigenvalue weighted by Crippen LogP contribution is 2.32. The lowest BCUT2D eigenvalue weighted by Gasteiger charge is -2.07. The second-order valence-corrected chi connectivity index (χ2v) is 8.85. The normalized spacial score (nSPS) is 20.3. The summed E-state index contributed by atoms with van der Waals surface area (Å²) in [5.74, 6) is -0.000903. The fourth-order valence-corrected chi connectivity index (χ4v) is 4.00. The van der Waals surface area contributed by atoms with Crippen LogP contribution in [0.25, 0.3) is 6.08 Å². The fourth-order valence-electron chi connectivity index (χ4n) is 3.08. The van der Waals surface area contributed by atoms with Gasteiger partial charge < -0.3 is 10.6 Å². The van der Waals surface area contributed by atoms with Gasteiger partial charge >= 0.3 is 0 Å². The number of anilines is 1. The Morgan fingerprint density at radius 1 is 1.16 bits per heavy atom. The van der Waals surface area contributed by atoms with E-state index in [0.29, 0.717) is 11.1 Å². The summed E-state index contributed by atoms with van der Waals surface area (Å²) in [5, 5.41) is 14.1. The molecule has 2 N–H and O–H groups in total. The van der Waals surface area contributed by atoms with E-state index >= 15 is 0 Å². The molecule has 1 heterocycles. The van der Waals surface area contributed by atoms with Gasteiger partial charge in [0.05, 0.1) is 5.71 Å². The lowest BCUT2D eigenvalue weighted by Crippen LogP contribution is -2.28. The van der Waals surface area contributed by atoms with E-state index in [2.05, 4.69) is 20.8 Å². The largest absolute Gasteiger partial charge is 0.326 e. The van der Waals surface area contributed by atoms with Gasteiger partial charge in [0, 0.05) is 18.0 Å². The van der Waals surface area contributed by atoms with Gasteiger partial charge in [-0.2, -0.15) is 5.10 Å². The molecule has 2 fully saturated rings. The highest BCUT2D eigenvalue weighted by molar-refractivity contribution is 8.15. The van der Waals surface area contributed by atoms with Crippen LogP contribution in [-0.2, 0) is 9.59 Å². The van der Waals surface area contributed by atoms with E-state index in [-0.39, 0.29) is 18.2 Å². The number of amides is 2. The van der Waals surface area contributed by atoms with Gasteiger partial charge in [-0.1, -0.05) is 65.9 Å². The number of nitrogens with one attached hydrogen (secondary N) is 2. The fraction of sp³-hybridized carbons (Fsp3) is 0.250. The summed E-state index contributed by atoms with van der Waals surface area (Å²) in [6, 6.07) is 17.6. The molecule has 0 aromatic heterocycles. The molecule has 1 aliphatic heterocycles. The maximum absolute atomic E-state index is 12.3. The van der Waals surface area contributed by atoms with Gasteiger partial charge in [-0.25, -0.2) is 0 Å². The SMILES string of the molecule is Cc1ccc(NC(=O)C[C@H]2SC(=NN=C(/C=C\c3ccccc3)C3CC3)NC2=O)cc1. The summed E-state index contributed by atoms with van der Waals surface area (Å²) in [6.07, 6.45) is 6.30. The number of hydrogen-bond acceptors (Lipinski definition) is 5. The van der Waals surface area contributed by atoms with Crippen LogP contribution in [0.3, 0.4) is 0 Å². The van der Waals surface area contributed by atoms with Crippen LogP contribution in [0.15, 0.2) is 70.9 Å². The Morgan fingerprint density at radius 3 is 2.61 bits per heavy atom. The molecule has 0 spiro atoms. The van der Waals surface area contributed by atoms with E-state index < -0.39 is 5.25 Å². The first-order valence-corrected chi connectivity index (χ1v) is 11.2.